The number of imide groups is 1. The molecule has 0 atom stereocenters. The highest BCUT2D eigenvalue weighted by Gasteiger charge is 2.34. The van der Waals surface area contributed by atoms with Gasteiger partial charge < -0.3 is 15.4 Å². The van der Waals surface area contributed by atoms with E-state index in [0.717, 1.165) is 38.4 Å². The fraction of sp³-hybridized carbons (Fsp3) is 0.571. The van der Waals surface area contributed by atoms with Crippen molar-refractivity contribution in [1.29, 1.82) is 0 Å². The number of rotatable bonds is 11. The van der Waals surface area contributed by atoms with E-state index < -0.39 is 0 Å². The number of hydrogen-bond acceptors (Lipinski definition) is 4. The normalized spacial score (nSPS) is 13.5. The van der Waals surface area contributed by atoms with E-state index in [-0.39, 0.29) is 35.8 Å². The summed E-state index contributed by atoms with van der Waals surface area (Å²) in [6, 6.07) is 6.98. The van der Waals surface area contributed by atoms with Crippen molar-refractivity contribution in [3.8, 4) is 0 Å². The van der Waals surface area contributed by atoms with Crippen molar-refractivity contribution in [2.45, 2.75) is 33.1 Å². The van der Waals surface area contributed by atoms with E-state index in [1.54, 1.807) is 31.3 Å². The minimum atomic E-state index is -0.191. The van der Waals surface area contributed by atoms with Crippen molar-refractivity contribution in [3.05, 3.63) is 35.4 Å². The molecule has 0 bridgehead atoms. The maximum atomic E-state index is 12.3. The molecule has 0 unspecified atom stereocenters. The molecule has 1 heterocycles. The predicted molar refractivity (Wildman–Crippen MR) is 126 cm³/mol. The number of guanidine groups is 1. The second-order valence-corrected chi connectivity index (χ2v) is 7.24. The van der Waals surface area contributed by atoms with Crippen LogP contribution >= 0.6 is 24.0 Å². The average Bonchev–Trinajstić information content (AvgIpc) is 2.93. The molecule has 2 N–H and O–H groups in total. The average molecular weight is 516 g/mol. The van der Waals surface area contributed by atoms with E-state index in [1.165, 1.54) is 4.90 Å². The summed E-state index contributed by atoms with van der Waals surface area (Å²) in [5.41, 5.74) is 1.01. The fourth-order valence-electron chi connectivity index (χ4n) is 2.93. The number of carbonyl (C=O) groups is 2. The van der Waals surface area contributed by atoms with Crippen molar-refractivity contribution in [2.24, 2.45) is 10.9 Å². The lowest BCUT2D eigenvalue weighted by atomic mass is 10.1. The van der Waals surface area contributed by atoms with E-state index >= 15 is 0 Å². The van der Waals surface area contributed by atoms with E-state index in [1.807, 2.05) is 0 Å². The Bertz CT molecular complexity index is 659. The Kier molecular flexibility index (Phi) is 11.8. The Balaban J connectivity index is 0.00000420. The van der Waals surface area contributed by atoms with Gasteiger partial charge in [0.25, 0.3) is 11.8 Å². The minimum Gasteiger partial charge on any atom is -0.380 e. The molecule has 1 aromatic rings. The largest absolute Gasteiger partial charge is 0.380 e. The zero-order valence-electron chi connectivity index (χ0n) is 17.6. The summed E-state index contributed by atoms with van der Waals surface area (Å²) in [7, 11) is 1.73. The lowest BCUT2D eigenvalue weighted by molar-refractivity contribution is 0.0652. The number of amides is 2. The summed E-state index contributed by atoms with van der Waals surface area (Å²) in [6.45, 7) is 7.65. The Morgan fingerprint density at radius 1 is 1.03 bits per heavy atom. The van der Waals surface area contributed by atoms with Crippen molar-refractivity contribution in [1.82, 2.24) is 15.5 Å². The summed E-state index contributed by atoms with van der Waals surface area (Å²) in [6.07, 6.45) is 2.65. The molecule has 0 radical (unpaired) electrons. The highest BCUT2D eigenvalue weighted by atomic mass is 127. The molecule has 1 aliphatic rings. The zero-order chi connectivity index (χ0) is 20.4. The quantitative estimate of drug-likeness (QED) is 0.155. The smallest absolute Gasteiger partial charge is 0.261 e. The number of unbranched alkanes of at least 4 members (excludes halogenated alkanes) is 1. The maximum absolute atomic E-state index is 12.3. The van der Waals surface area contributed by atoms with Crippen LogP contribution in [0.15, 0.2) is 29.3 Å². The van der Waals surface area contributed by atoms with Gasteiger partial charge in [-0.1, -0.05) is 26.0 Å². The maximum Gasteiger partial charge on any atom is 0.261 e. The molecule has 1 aliphatic heterocycles. The number of benzene rings is 1. The predicted octanol–water partition coefficient (Wildman–Crippen LogP) is 2.91. The molecule has 0 fully saturated rings. The monoisotopic (exact) mass is 516 g/mol. The highest BCUT2D eigenvalue weighted by molar-refractivity contribution is 14.0. The van der Waals surface area contributed by atoms with Crippen LogP contribution in [0.3, 0.4) is 0 Å². The zero-order valence-corrected chi connectivity index (χ0v) is 19.9. The van der Waals surface area contributed by atoms with Crippen LogP contribution in [-0.4, -0.2) is 62.6 Å². The summed E-state index contributed by atoms with van der Waals surface area (Å²) in [5, 5.41) is 6.45. The van der Waals surface area contributed by atoms with Gasteiger partial charge in [0.05, 0.1) is 17.7 Å². The highest BCUT2D eigenvalue weighted by Crippen LogP contribution is 2.22. The molecule has 0 saturated carbocycles. The third kappa shape index (κ3) is 7.93. The molecule has 2 amide bonds. The second kappa shape index (κ2) is 13.5. The van der Waals surface area contributed by atoms with Crippen molar-refractivity contribution < 1.29 is 14.3 Å². The summed E-state index contributed by atoms with van der Waals surface area (Å²) >= 11 is 0. The van der Waals surface area contributed by atoms with E-state index in [2.05, 4.69) is 29.5 Å². The number of nitrogens with one attached hydrogen (secondary N) is 2. The molecule has 1 aromatic carbocycles. The topological polar surface area (TPSA) is 83.0 Å². The molecule has 0 spiro atoms. The molecule has 7 nitrogen and oxygen atoms in total. The molecule has 8 heteroatoms. The molecule has 0 saturated heterocycles. The van der Waals surface area contributed by atoms with E-state index in [9.17, 15) is 9.59 Å². The SMILES string of the molecule is CN=C(NCCCCN1C(=O)c2ccccc2C1=O)NCCOCCC(C)C.I. The minimum absolute atomic E-state index is 0. The molecule has 2 rings (SSSR count). The summed E-state index contributed by atoms with van der Waals surface area (Å²) < 4.78 is 5.57. The van der Waals surface area contributed by atoms with Gasteiger partial charge in [0.1, 0.15) is 0 Å². The van der Waals surface area contributed by atoms with Crippen molar-refractivity contribution >= 4 is 41.8 Å². The van der Waals surface area contributed by atoms with Gasteiger partial charge in [-0.15, -0.1) is 24.0 Å². The number of ether oxygens (including phenoxy) is 1. The van der Waals surface area contributed by atoms with E-state index in [4.69, 9.17) is 4.74 Å². The van der Waals surface area contributed by atoms with Gasteiger partial charge in [0.15, 0.2) is 5.96 Å². The molecule has 0 aromatic heterocycles. The Labute approximate surface area is 190 Å². The van der Waals surface area contributed by atoms with Crippen LogP contribution in [0.2, 0.25) is 0 Å². The first-order valence-electron chi connectivity index (χ1n) is 10.0. The van der Waals surface area contributed by atoms with Gasteiger partial charge in [-0.2, -0.15) is 0 Å². The van der Waals surface area contributed by atoms with Crippen LogP contribution in [0.1, 0.15) is 53.8 Å². The van der Waals surface area contributed by atoms with Crippen LogP contribution in [0.25, 0.3) is 0 Å². The third-order valence-corrected chi connectivity index (χ3v) is 4.58. The second-order valence-electron chi connectivity index (χ2n) is 7.24. The number of carbonyl (C=O) groups excluding carboxylic acids is 2. The van der Waals surface area contributed by atoms with Crippen LogP contribution in [-0.2, 0) is 4.74 Å². The molecule has 0 aliphatic carbocycles. The number of hydrogen-bond donors (Lipinski definition) is 2. The van der Waals surface area contributed by atoms with Crippen LogP contribution in [0, 0.1) is 5.92 Å². The van der Waals surface area contributed by atoms with Gasteiger partial charge in [0.2, 0.25) is 0 Å². The number of nitrogens with zero attached hydrogens (tertiary/aromatic N) is 2. The molecule has 162 valence electrons. The van der Waals surface area contributed by atoms with Crippen LogP contribution in [0.5, 0.6) is 0 Å². The molecular weight excluding hydrogens is 483 g/mol. The number of halogens is 1. The summed E-state index contributed by atoms with van der Waals surface area (Å²) in [5.74, 6) is 1.00. The number of aliphatic imine (C=N–C) groups is 1. The van der Waals surface area contributed by atoms with Crippen molar-refractivity contribution in [2.75, 3.05) is 39.9 Å². The lowest BCUT2D eigenvalue weighted by Gasteiger charge is -2.15. The van der Waals surface area contributed by atoms with Gasteiger partial charge in [-0.3, -0.25) is 19.5 Å². The Morgan fingerprint density at radius 2 is 1.66 bits per heavy atom. The van der Waals surface area contributed by atoms with Crippen LogP contribution < -0.4 is 10.6 Å². The first-order valence-corrected chi connectivity index (χ1v) is 10.0. The third-order valence-electron chi connectivity index (χ3n) is 4.58. The van der Waals surface area contributed by atoms with Crippen molar-refractivity contribution in [3.63, 3.8) is 0 Å². The first kappa shape index (κ1) is 25.4. The summed E-state index contributed by atoms with van der Waals surface area (Å²) in [4.78, 5) is 30.1. The fourth-order valence-corrected chi connectivity index (χ4v) is 2.93. The van der Waals surface area contributed by atoms with Gasteiger partial charge in [-0.25, -0.2) is 0 Å². The Hall–Kier alpha value is -1.68. The molecule has 29 heavy (non-hydrogen) atoms. The van der Waals surface area contributed by atoms with Gasteiger partial charge >= 0.3 is 0 Å². The standard InChI is InChI=1S/C21H32N4O3.HI/c1-16(2)10-14-28-15-12-24-21(22-3)23-11-6-7-13-25-19(26)17-8-4-5-9-18(17)20(25)27;/h4-5,8-9,16H,6-7,10-15H2,1-3H3,(H2,22,23,24);1H. The van der Waals surface area contributed by atoms with Gasteiger partial charge in [-0.05, 0) is 37.3 Å². The molecular formula is C21H33IN4O3. The number of fused-ring (bicyclic) bond motifs is 1. The first-order chi connectivity index (χ1) is 13.5. The Morgan fingerprint density at radius 3 is 2.24 bits per heavy atom. The van der Waals surface area contributed by atoms with E-state index in [0.29, 0.717) is 36.7 Å². The lowest BCUT2D eigenvalue weighted by Crippen LogP contribution is -2.39. The van der Waals surface area contributed by atoms with Crippen LogP contribution in [0.4, 0.5) is 0 Å². The van der Waals surface area contributed by atoms with Gasteiger partial charge in [0, 0.05) is 33.3 Å².